The highest BCUT2D eigenvalue weighted by atomic mass is 35.5. The van der Waals surface area contributed by atoms with Crippen molar-refractivity contribution in [2.24, 2.45) is 0 Å². The second-order valence-corrected chi connectivity index (χ2v) is 5.72. The fourth-order valence-electron chi connectivity index (χ4n) is 1.84. The number of anilines is 1. The van der Waals surface area contributed by atoms with E-state index in [0.29, 0.717) is 28.1 Å². The molecule has 2 rings (SSSR count). The molecule has 1 heterocycles. The van der Waals surface area contributed by atoms with Crippen molar-refractivity contribution in [3.63, 3.8) is 0 Å². The highest BCUT2D eigenvalue weighted by molar-refractivity contribution is 7.80. The Bertz CT molecular complexity index is 626. The lowest BCUT2D eigenvalue weighted by atomic mass is 10.1. The van der Waals surface area contributed by atoms with Crippen LogP contribution in [0.1, 0.15) is 11.1 Å². The van der Waals surface area contributed by atoms with Crippen LogP contribution in [0, 0.1) is 6.92 Å². The van der Waals surface area contributed by atoms with Gasteiger partial charge in [0.25, 0.3) is 0 Å². The van der Waals surface area contributed by atoms with E-state index in [-0.39, 0.29) is 0 Å². The van der Waals surface area contributed by atoms with Crippen LogP contribution in [-0.2, 0) is 6.42 Å². The number of nitrogens with zero attached hydrogens (tertiary/aromatic N) is 1. The molecular formula is C15H15Cl2N3S. The van der Waals surface area contributed by atoms with Crippen LogP contribution in [0.25, 0.3) is 0 Å². The third kappa shape index (κ3) is 4.56. The minimum absolute atomic E-state index is 0.528. The molecule has 110 valence electrons. The standard InChI is InChI=1S/C15H15Cl2N3S/c1-10-4-3-8-18-14(10)20-15(21)19-9-7-11-12(16)5-2-6-13(11)17/h2-6,8H,7,9H2,1H3,(H2,18,19,20,21). The van der Waals surface area contributed by atoms with Gasteiger partial charge in [0.1, 0.15) is 5.82 Å². The van der Waals surface area contributed by atoms with E-state index in [1.165, 1.54) is 0 Å². The van der Waals surface area contributed by atoms with Crippen LogP contribution >= 0.6 is 35.4 Å². The topological polar surface area (TPSA) is 37.0 Å². The van der Waals surface area contributed by atoms with Crippen molar-refractivity contribution in [2.45, 2.75) is 13.3 Å². The molecule has 0 atom stereocenters. The average molecular weight is 340 g/mol. The maximum atomic E-state index is 6.12. The van der Waals surface area contributed by atoms with Crippen molar-refractivity contribution in [1.82, 2.24) is 10.3 Å². The molecular weight excluding hydrogens is 325 g/mol. The zero-order valence-corrected chi connectivity index (χ0v) is 13.8. The van der Waals surface area contributed by atoms with Crippen LogP contribution in [0.5, 0.6) is 0 Å². The molecule has 0 fully saturated rings. The maximum Gasteiger partial charge on any atom is 0.171 e. The Hall–Kier alpha value is -1.36. The quantitative estimate of drug-likeness (QED) is 0.817. The molecule has 0 aliphatic rings. The first-order valence-electron chi connectivity index (χ1n) is 6.47. The molecule has 0 unspecified atom stereocenters. The van der Waals surface area contributed by atoms with Gasteiger partial charge in [-0.15, -0.1) is 0 Å². The van der Waals surface area contributed by atoms with Gasteiger partial charge in [-0.05, 0) is 54.9 Å². The van der Waals surface area contributed by atoms with Crippen molar-refractivity contribution in [1.29, 1.82) is 0 Å². The summed E-state index contributed by atoms with van der Waals surface area (Å²) in [6, 6.07) is 9.35. The zero-order valence-electron chi connectivity index (χ0n) is 11.5. The predicted octanol–water partition coefficient (Wildman–Crippen LogP) is 4.23. The van der Waals surface area contributed by atoms with E-state index >= 15 is 0 Å². The lowest BCUT2D eigenvalue weighted by molar-refractivity contribution is 0.873. The van der Waals surface area contributed by atoms with Crippen molar-refractivity contribution in [3.05, 3.63) is 57.7 Å². The van der Waals surface area contributed by atoms with E-state index in [2.05, 4.69) is 15.6 Å². The summed E-state index contributed by atoms with van der Waals surface area (Å²) in [5.41, 5.74) is 1.96. The van der Waals surface area contributed by atoms with Crippen LogP contribution in [0.3, 0.4) is 0 Å². The van der Waals surface area contributed by atoms with Gasteiger partial charge in [-0.1, -0.05) is 35.3 Å². The Labute approximate surface area is 139 Å². The van der Waals surface area contributed by atoms with Crippen LogP contribution in [-0.4, -0.2) is 16.6 Å². The highest BCUT2D eigenvalue weighted by Crippen LogP contribution is 2.24. The lowest BCUT2D eigenvalue weighted by Crippen LogP contribution is -2.30. The Balaban J connectivity index is 1.86. The summed E-state index contributed by atoms with van der Waals surface area (Å²) in [6.07, 6.45) is 2.42. The smallest absolute Gasteiger partial charge is 0.171 e. The third-order valence-corrected chi connectivity index (χ3v) is 3.92. The average Bonchev–Trinajstić information content (AvgIpc) is 2.45. The SMILES string of the molecule is Cc1cccnc1NC(=S)NCCc1c(Cl)cccc1Cl. The summed E-state index contributed by atoms with van der Waals surface area (Å²) in [4.78, 5) is 4.23. The number of halogens is 2. The van der Waals surface area contributed by atoms with Gasteiger partial charge in [-0.2, -0.15) is 0 Å². The molecule has 3 nitrogen and oxygen atoms in total. The number of thiocarbonyl (C=S) groups is 1. The monoisotopic (exact) mass is 339 g/mol. The minimum atomic E-state index is 0.528. The molecule has 0 aliphatic heterocycles. The first-order valence-corrected chi connectivity index (χ1v) is 7.63. The lowest BCUT2D eigenvalue weighted by Gasteiger charge is -2.12. The Morgan fingerprint density at radius 1 is 1.19 bits per heavy atom. The summed E-state index contributed by atoms with van der Waals surface area (Å²) < 4.78 is 0. The number of aryl methyl sites for hydroxylation is 1. The fourth-order valence-corrected chi connectivity index (χ4v) is 2.63. The molecule has 0 aliphatic carbocycles. The van der Waals surface area contributed by atoms with Crippen LogP contribution < -0.4 is 10.6 Å². The highest BCUT2D eigenvalue weighted by Gasteiger charge is 2.06. The van der Waals surface area contributed by atoms with Crippen LogP contribution in [0.15, 0.2) is 36.5 Å². The summed E-state index contributed by atoms with van der Waals surface area (Å²) in [7, 11) is 0. The predicted molar refractivity (Wildman–Crippen MR) is 93.4 cm³/mol. The molecule has 0 bridgehead atoms. The second-order valence-electron chi connectivity index (χ2n) is 4.50. The Morgan fingerprint density at radius 3 is 2.57 bits per heavy atom. The number of nitrogens with one attached hydrogen (secondary N) is 2. The van der Waals surface area contributed by atoms with Gasteiger partial charge in [-0.3, -0.25) is 0 Å². The number of aromatic nitrogens is 1. The van der Waals surface area contributed by atoms with Gasteiger partial charge < -0.3 is 10.6 Å². The maximum absolute atomic E-state index is 6.12. The molecule has 21 heavy (non-hydrogen) atoms. The van der Waals surface area contributed by atoms with Gasteiger partial charge in [0.15, 0.2) is 5.11 Å². The van der Waals surface area contributed by atoms with Crippen molar-refractivity contribution in [3.8, 4) is 0 Å². The van der Waals surface area contributed by atoms with Crippen molar-refractivity contribution >= 4 is 46.4 Å². The number of rotatable bonds is 4. The van der Waals surface area contributed by atoms with E-state index in [1.807, 2.05) is 37.3 Å². The summed E-state index contributed by atoms with van der Waals surface area (Å²) in [5.74, 6) is 0.755. The second kappa shape index (κ2) is 7.59. The molecule has 6 heteroatoms. The largest absolute Gasteiger partial charge is 0.362 e. The summed E-state index contributed by atoms with van der Waals surface area (Å²) >= 11 is 17.5. The molecule has 1 aromatic carbocycles. The van der Waals surface area contributed by atoms with Crippen LogP contribution in [0.4, 0.5) is 5.82 Å². The molecule has 2 aromatic rings. The molecule has 1 aromatic heterocycles. The van der Waals surface area contributed by atoms with Gasteiger partial charge in [0.05, 0.1) is 0 Å². The summed E-state index contributed by atoms with van der Waals surface area (Å²) in [5, 5.41) is 8.06. The summed E-state index contributed by atoms with van der Waals surface area (Å²) in [6.45, 7) is 2.61. The molecule has 0 amide bonds. The fraction of sp³-hybridized carbons (Fsp3) is 0.200. The number of benzene rings is 1. The number of hydrogen-bond donors (Lipinski definition) is 2. The first kappa shape index (κ1) is 16.0. The normalized spacial score (nSPS) is 10.2. The molecule has 2 N–H and O–H groups in total. The van der Waals surface area contributed by atoms with E-state index in [0.717, 1.165) is 16.9 Å². The molecule has 0 saturated heterocycles. The number of hydrogen-bond acceptors (Lipinski definition) is 2. The van der Waals surface area contributed by atoms with Gasteiger partial charge in [0.2, 0.25) is 0 Å². The Kier molecular flexibility index (Phi) is 5.79. The molecule has 0 spiro atoms. The van der Waals surface area contributed by atoms with Gasteiger partial charge >= 0.3 is 0 Å². The van der Waals surface area contributed by atoms with E-state index in [1.54, 1.807) is 6.20 Å². The van der Waals surface area contributed by atoms with E-state index in [9.17, 15) is 0 Å². The molecule has 0 radical (unpaired) electrons. The van der Waals surface area contributed by atoms with Crippen LogP contribution in [0.2, 0.25) is 10.0 Å². The first-order chi connectivity index (χ1) is 10.1. The Morgan fingerprint density at radius 2 is 1.90 bits per heavy atom. The van der Waals surface area contributed by atoms with E-state index in [4.69, 9.17) is 35.4 Å². The molecule has 0 saturated carbocycles. The van der Waals surface area contributed by atoms with Gasteiger partial charge in [0, 0.05) is 22.8 Å². The third-order valence-electron chi connectivity index (χ3n) is 2.96. The number of pyridine rings is 1. The minimum Gasteiger partial charge on any atom is -0.362 e. The van der Waals surface area contributed by atoms with E-state index < -0.39 is 0 Å². The zero-order chi connectivity index (χ0) is 15.2. The van der Waals surface area contributed by atoms with Crippen molar-refractivity contribution in [2.75, 3.05) is 11.9 Å². The van der Waals surface area contributed by atoms with Gasteiger partial charge in [-0.25, -0.2) is 4.98 Å². The van der Waals surface area contributed by atoms with Crippen molar-refractivity contribution < 1.29 is 0 Å².